The summed E-state index contributed by atoms with van der Waals surface area (Å²) in [6.45, 7) is 6.75. The van der Waals surface area contributed by atoms with Crippen LogP contribution in [-0.4, -0.2) is 60.0 Å². The molecule has 0 aromatic carbocycles. The van der Waals surface area contributed by atoms with Gasteiger partial charge in [0, 0.05) is 43.5 Å². The molecular formula is C19H28N4O3. The van der Waals surface area contributed by atoms with Crippen LogP contribution >= 0.6 is 0 Å². The van der Waals surface area contributed by atoms with Crippen LogP contribution in [-0.2, 0) is 14.3 Å². The molecule has 7 nitrogen and oxygen atoms in total. The first kappa shape index (κ1) is 18.6. The minimum Gasteiger partial charge on any atom is -0.469 e. The maximum absolute atomic E-state index is 12.9. The van der Waals surface area contributed by atoms with E-state index in [9.17, 15) is 9.59 Å². The Morgan fingerprint density at radius 1 is 1.04 bits per heavy atom. The van der Waals surface area contributed by atoms with Gasteiger partial charge in [-0.15, -0.1) is 0 Å². The van der Waals surface area contributed by atoms with E-state index in [4.69, 9.17) is 4.74 Å². The number of hydrogen-bond acceptors (Lipinski definition) is 6. The van der Waals surface area contributed by atoms with Gasteiger partial charge in [0.2, 0.25) is 11.9 Å². The molecule has 1 unspecified atom stereocenters. The SMILES string of the molecule is COC(=O)C1CCCN(C(=O)C2CCN(c3nc(C)cc(C)n3)CC2)C1. The lowest BCUT2D eigenvalue weighted by Gasteiger charge is -2.37. The van der Waals surface area contributed by atoms with E-state index in [0.717, 1.165) is 62.7 Å². The summed E-state index contributed by atoms with van der Waals surface area (Å²) in [6, 6.07) is 1.97. The van der Waals surface area contributed by atoms with Crippen LogP contribution in [0, 0.1) is 25.7 Å². The average Bonchev–Trinajstić information content (AvgIpc) is 2.66. The predicted molar refractivity (Wildman–Crippen MR) is 97.8 cm³/mol. The molecule has 1 aromatic rings. The number of methoxy groups -OCH3 is 1. The van der Waals surface area contributed by atoms with Gasteiger partial charge in [0.15, 0.2) is 0 Å². The number of aromatic nitrogens is 2. The molecule has 2 aliphatic rings. The second kappa shape index (κ2) is 8.01. The number of ether oxygens (including phenoxy) is 1. The van der Waals surface area contributed by atoms with E-state index in [0.29, 0.717) is 6.54 Å². The molecule has 0 bridgehead atoms. The van der Waals surface area contributed by atoms with Crippen molar-refractivity contribution in [2.45, 2.75) is 39.5 Å². The number of rotatable bonds is 3. The fourth-order valence-electron chi connectivity index (χ4n) is 3.97. The highest BCUT2D eigenvalue weighted by Crippen LogP contribution is 2.26. The van der Waals surface area contributed by atoms with Crippen molar-refractivity contribution in [1.82, 2.24) is 14.9 Å². The maximum Gasteiger partial charge on any atom is 0.310 e. The number of aryl methyl sites for hydroxylation is 2. The second-order valence-electron chi connectivity index (χ2n) is 7.36. The lowest BCUT2D eigenvalue weighted by atomic mass is 9.92. The smallest absolute Gasteiger partial charge is 0.310 e. The molecule has 0 saturated carbocycles. The number of carbonyl (C=O) groups is 2. The van der Waals surface area contributed by atoms with Crippen LogP contribution in [0.2, 0.25) is 0 Å². The molecule has 1 aromatic heterocycles. The van der Waals surface area contributed by atoms with Crippen molar-refractivity contribution in [3.8, 4) is 0 Å². The van der Waals surface area contributed by atoms with Crippen LogP contribution in [0.15, 0.2) is 6.07 Å². The van der Waals surface area contributed by atoms with Crippen molar-refractivity contribution in [2.24, 2.45) is 11.8 Å². The molecule has 1 amide bonds. The van der Waals surface area contributed by atoms with Gasteiger partial charge in [0.05, 0.1) is 13.0 Å². The molecule has 142 valence electrons. The molecule has 7 heteroatoms. The first-order valence-electron chi connectivity index (χ1n) is 9.41. The zero-order valence-corrected chi connectivity index (χ0v) is 15.9. The van der Waals surface area contributed by atoms with Crippen molar-refractivity contribution >= 4 is 17.8 Å². The van der Waals surface area contributed by atoms with Crippen LogP contribution in [0.3, 0.4) is 0 Å². The molecule has 2 aliphatic heterocycles. The molecule has 0 radical (unpaired) electrons. The van der Waals surface area contributed by atoms with Crippen molar-refractivity contribution in [1.29, 1.82) is 0 Å². The van der Waals surface area contributed by atoms with Gasteiger partial charge in [0.1, 0.15) is 0 Å². The molecule has 26 heavy (non-hydrogen) atoms. The summed E-state index contributed by atoms with van der Waals surface area (Å²) in [7, 11) is 1.41. The summed E-state index contributed by atoms with van der Waals surface area (Å²) < 4.78 is 4.85. The number of anilines is 1. The second-order valence-corrected chi connectivity index (χ2v) is 7.36. The molecule has 0 N–H and O–H groups in total. The Morgan fingerprint density at radius 3 is 2.31 bits per heavy atom. The van der Waals surface area contributed by atoms with Gasteiger partial charge in [-0.1, -0.05) is 0 Å². The number of likely N-dealkylation sites (tertiary alicyclic amines) is 1. The summed E-state index contributed by atoms with van der Waals surface area (Å²) in [5, 5.41) is 0. The Labute approximate surface area is 154 Å². The molecule has 3 heterocycles. The Kier molecular flexibility index (Phi) is 5.74. The van der Waals surface area contributed by atoms with Crippen molar-refractivity contribution in [3.63, 3.8) is 0 Å². The van der Waals surface area contributed by atoms with Gasteiger partial charge in [-0.3, -0.25) is 9.59 Å². The Balaban J connectivity index is 1.57. The third-order valence-electron chi connectivity index (χ3n) is 5.37. The number of hydrogen-bond donors (Lipinski definition) is 0. The Bertz CT molecular complexity index is 650. The number of piperidine rings is 2. The van der Waals surface area contributed by atoms with E-state index in [1.807, 2.05) is 24.8 Å². The lowest BCUT2D eigenvalue weighted by Crippen LogP contribution is -2.47. The summed E-state index contributed by atoms with van der Waals surface area (Å²) in [5.74, 6) is 0.580. The lowest BCUT2D eigenvalue weighted by molar-refractivity contribution is -0.149. The first-order valence-corrected chi connectivity index (χ1v) is 9.41. The summed E-state index contributed by atoms with van der Waals surface area (Å²) in [4.78, 5) is 37.7. The largest absolute Gasteiger partial charge is 0.469 e. The minimum absolute atomic E-state index is 0.0218. The van der Waals surface area contributed by atoms with E-state index >= 15 is 0 Å². The molecule has 2 fully saturated rings. The molecule has 2 saturated heterocycles. The number of nitrogens with zero attached hydrogens (tertiary/aromatic N) is 4. The van der Waals surface area contributed by atoms with Crippen LogP contribution < -0.4 is 4.90 Å². The van der Waals surface area contributed by atoms with Crippen LogP contribution in [0.25, 0.3) is 0 Å². The van der Waals surface area contributed by atoms with Crippen molar-refractivity contribution in [2.75, 3.05) is 38.2 Å². The van der Waals surface area contributed by atoms with E-state index in [-0.39, 0.29) is 23.7 Å². The average molecular weight is 360 g/mol. The monoisotopic (exact) mass is 360 g/mol. The molecule has 0 spiro atoms. The maximum atomic E-state index is 12.9. The van der Waals surface area contributed by atoms with Crippen LogP contribution in [0.5, 0.6) is 0 Å². The highest BCUT2D eigenvalue weighted by Gasteiger charge is 2.34. The number of carbonyl (C=O) groups excluding carboxylic acids is 2. The van der Waals surface area contributed by atoms with Gasteiger partial charge in [-0.25, -0.2) is 9.97 Å². The normalized spacial score (nSPS) is 21.6. The van der Waals surface area contributed by atoms with E-state index in [1.165, 1.54) is 7.11 Å². The van der Waals surface area contributed by atoms with E-state index < -0.39 is 0 Å². The Morgan fingerprint density at radius 2 is 1.69 bits per heavy atom. The zero-order valence-electron chi connectivity index (χ0n) is 15.9. The van der Waals surface area contributed by atoms with Crippen LogP contribution in [0.4, 0.5) is 5.95 Å². The number of esters is 1. The highest BCUT2D eigenvalue weighted by molar-refractivity contribution is 5.80. The van der Waals surface area contributed by atoms with E-state index in [1.54, 1.807) is 0 Å². The summed E-state index contributed by atoms with van der Waals surface area (Å²) >= 11 is 0. The van der Waals surface area contributed by atoms with Gasteiger partial charge in [0.25, 0.3) is 0 Å². The van der Waals surface area contributed by atoms with Crippen molar-refractivity contribution < 1.29 is 14.3 Å². The van der Waals surface area contributed by atoms with E-state index in [2.05, 4.69) is 14.9 Å². The van der Waals surface area contributed by atoms with Crippen molar-refractivity contribution in [3.05, 3.63) is 17.5 Å². The fourth-order valence-corrected chi connectivity index (χ4v) is 3.97. The molecule has 0 aliphatic carbocycles. The summed E-state index contributed by atoms with van der Waals surface area (Å²) in [5.41, 5.74) is 1.93. The molecule has 1 atom stereocenters. The third kappa shape index (κ3) is 4.14. The summed E-state index contributed by atoms with van der Waals surface area (Å²) in [6.07, 6.45) is 3.27. The number of amides is 1. The topological polar surface area (TPSA) is 75.6 Å². The van der Waals surface area contributed by atoms with Gasteiger partial charge in [-0.2, -0.15) is 0 Å². The quantitative estimate of drug-likeness (QED) is 0.764. The predicted octanol–water partition coefficient (Wildman–Crippen LogP) is 1.72. The molecular weight excluding hydrogens is 332 g/mol. The van der Waals surface area contributed by atoms with Gasteiger partial charge < -0.3 is 14.5 Å². The third-order valence-corrected chi connectivity index (χ3v) is 5.37. The first-order chi connectivity index (χ1) is 12.5. The van der Waals surface area contributed by atoms with Gasteiger partial charge >= 0.3 is 5.97 Å². The minimum atomic E-state index is -0.204. The fraction of sp³-hybridized carbons (Fsp3) is 0.684. The standard InChI is InChI=1S/C19H28N4O3/c1-13-11-14(2)21-19(20-13)22-9-6-15(7-10-22)17(24)23-8-4-5-16(12-23)18(25)26-3/h11,15-16H,4-10,12H2,1-3H3. The highest BCUT2D eigenvalue weighted by atomic mass is 16.5. The van der Waals surface area contributed by atoms with Gasteiger partial charge in [-0.05, 0) is 45.6 Å². The van der Waals surface area contributed by atoms with Crippen LogP contribution in [0.1, 0.15) is 37.1 Å². The zero-order chi connectivity index (χ0) is 18.7. The molecule has 3 rings (SSSR count). The Hall–Kier alpha value is -2.18.